The van der Waals surface area contributed by atoms with Crippen LogP contribution in [0.15, 0.2) is 43.1 Å². The minimum absolute atomic E-state index is 0.619. The predicted molar refractivity (Wildman–Crippen MR) is 69.5 cm³/mol. The highest BCUT2D eigenvalue weighted by Crippen LogP contribution is 2.16. The molecule has 3 aromatic rings. The summed E-state index contributed by atoms with van der Waals surface area (Å²) in [6.07, 6.45) is 8.48. The zero-order chi connectivity index (χ0) is 13.1. The second-order valence-corrected chi connectivity index (χ2v) is 3.92. The molecule has 7 heteroatoms. The fourth-order valence-corrected chi connectivity index (χ4v) is 1.60. The molecule has 3 aromatic heterocycles. The highest BCUT2D eigenvalue weighted by Gasteiger charge is 2.03. The van der Waals surface area contributed by atoms with Crippen LogP contribution in [0.3, 0.4) is 0 Å². The normalized spacial score (nSPS) is 10.4. The zero-order valence-electron chi connectivity index (χ0n) is 10.2. The van der Waals surface area contributed by atoms with Gasteiger partial charge in [0.25, 0.3) is 0 Å². The summed E-state index contributed by atoms with van der Waals surface area (Å²) in [7, 11) is 1.86. The molecule has 1 N–H and O–H groups in total. The summed E-state index contributed by atoms with van der Waals surface area (Å²) in [6.45, 7) is 0. The summed E-state index contributed by atoms with van der Waals surface area (Å²) in [5, 5.41) is 15.4. The third-order valence-electron chi connectivity index (χ3n) is 2.48. The van der Waals surface area contributed by atoms with Crippen molar-refractivity contribution in [3.63, 3.8) is 0 Å². The monoisotopic (exact) mass is 253 g/mol. The van der Waals surface area contributed by atoms with Crippen molar-refractivity contribution in [2.75, 3.05) is 5.32 Å². The molecule has 3 heterocycles. The fraction of sp³-hybridized carbons (Fsp3) is 0.0833. The van der Waals surface area contributed by atoms with Crippen molar-refractivity contribution in [1.29, 1.82) is 0 Å². The van der Waals surface area contributed by atoms with Gasteiger partial charge in [-0.1, -0.05) is 0 Å². The van der Waals surface area contributed by atoms with E-state index in [1.54, 1.807) is 29.5 Å². The van der Waals surface area contributed by atoms with Crippen molar-refractivity contribution >= 4 is 11.6 Å². The third kappa shape index (κ3) is 2.54. The van der Waals surface area contributed by atoms with E-state index in [9.17, 15) is 0 Å². The second-order valence-electron chi connectivity index (χ2n) is 3.92. The third-order valence-corrected chi connectivity index (χ3v) is 2.48. The van der Waals surface area contributed by atoms with Crippen LogP contribution in [0.1, 0.15) is 0 Å². The van der Waals surface area contributed by atoms with Gasteiger partial charge in [-0.3, -0.25) is 9.67 Å². The zero-order valence-corrected chi connectivity index (χ0v) is 10.2. The fourth-order valence-electron chi connectivity index (χ4n) is 1.60. The average Bonchev–Trinajstić information content (AvgIpc) is 2.87. The van der Waals surface area contributed by atoms with Crippen LogP contribution in [-0.4, -0.2) is 29.9 Å². The van der Waals surface area contributed by atoms with E-state index in [1.807, 2.05) is 25.4 Å². The maximum atomic E-state index is 4.14. The predicted octanol–water partition coefficient (Wildman–Crippen LogP) is 1.41. The molecule has 0 unspecified atom stereocenters. The summed E-state index contributed by atoms with van der Waals surface area (Å²) in [6, 6.07) is 3.72. The summed E-state index contributed by atoms with van der Waals surface area (Å²) in [5.41, 5.74) is 1.71. The lowest BCUT2D eigenvalue weighted by atomic mass is 10.2. The quantitative estimate of drug-likeness (QED) is 0.760. The molecule has 0 aromatic carbocycles. The number of hydrogen-bond acceptors (Lipinski definition) is 6. The van der Waals surface area contributed by atoms with Crippen molar-refractivity contribution in [3.05, 3.63) is 43.1 Å². The number of hydrogen-bond donors (Lipinski definition) is 1. The smallest absolute Gasteiger partial charge is 0.154 e. The van der Waals surface area contributed by atoms with Gasteiger partial charge in [0.05, 0.1) is 18.1 Å². The SMILES string of the molecule is Cn1cc(-c2ccc(Nc3cnccn3)nn2)cn1. The van der Waals surface area contributed by atoms with E-state index in [-0.39, 0.29) is 0 Å². The van der Waals surface area contributed by atoms with Gasteiger partial charge in [0.2, 0.25) is 0 Å². The minimum atomic E-state index is 0.619. The van der Waals surface area contributed by atoms with Crippen LogP contribution in [0.25, 0.3) is 11.3 Å². The summed E-state index contributed by atoms with van der Waals surface area (Å²) in [4.78, 5) is 8.07. The van der Waals surface area contributed by atoms with Gasteiger partial charge in [0.1, 0.15) is 5.82 Å². The van der Waals surface area contributed by atoms with Crippen LogP contribution in [0.2, 0.25) is 0 Å². The van der Waals surface area contributed by atoms with Crippen molar-refractivity contribution in [2.45, 2.75) is 0 Å². The van der Waals surface area contributed by atoms with Gasteiger partial charge in [-0.05, 0) is 12.1 Å². The van der Waals surface area contributed by atoms with Crippen molar-refractivity contribution in [3.8, 4) is 11.3 Å². The molecule has 0 aliphatic heterocycles. The van der Waals surface area contributed by atoms with E-state index in [1.165, 1.54) is 0 Å². The van der Waals surface area contributed by atoms with Crippen molar-refractivity contribution in [2.24, 2.45) is 7.05 Å². The first kappa shape index (κ1) is 11.3. The van der Waals surface area contributed by atoms with Crippen LogP contribution < -0.4 is 5.32 Å². The van der Waals surface area contributed by atoms with Gasteiger partial charge in [0.15, 0.2) is 5.82 Å². The van der Waals surface area contributed by atoms with E-state index >= 15 is 0 Å². The topological polar surface area (TPSA) is 81.4 Å². The Morgan fingerprint density at radius 3 is 2.63 bits per heavy atom. The molecule has 0 atom stereocenters. The standard InChI is InChI=1S/C12H11N7/c1-19-8-9(6-15-19)10-2-3-11(18-17-10)16-12-7-13-4-5-14-12/h2-8H,1H3,(H,14,16,18). The molecule has 0 saturated heterocycles. The first-order valence-corrected chi connectivity index (χ1v) is 5.67. The number of nitrogens with zero attached hydrogens (tertiary/aromatic N) is 6. The molecule has 94 valence electrons. The molecule has 0 spiro atoms. The van der Waals surface area contributed by atoms with E-state index < -0.39 is 0 Å². The lowest BCUT2D eigenvalue weighted by Gasteiger charge is -2.03. The molecule has 0 aliphatic carbocycles. The Kier molecular flexibility index (Phi) is 2.85. The van der Waals surface area contributed by atoms with Crippen LogP contribution in [0.5, 0.6) is 0 Å². The van der Waals surface area contributed by atoms with E-state index in [0.29, 0.717) is 11.6 Å². The Morgan fingerprint density at radius 1 is 1.05 bits per heavy atom. The molecule has 3 rings (SSSR count). The van der Waals surface area contributed by atoms with E-state index in [4.69, 9.17) is 0 Å². The maximum absolute atomic E-state index is 4.14. The Balaban J connectivity index is 1.79. The molecule has 0 amide bonds. The number of aryl methyl sites for hydroxylation is 1. The lowest BCUT2D eigenvalue weighted by molar-refractivity contribution is 0.768. The summed E-state index contributed by atoms with van der Waals surface area (Å²) in [5.74, 6) is 1.25. The molecule has 0 bridgehead atoms. The van der Waals surface area contributed by atoms with E-state index in [2.05, 4.69) is 30.6 Å². The average molecular weight is 253 g/mol. The van der Waals surface area contributed by atoms with Gasteiger partial charge < -0.3 is 5.32 Å². The molecular formula is C12H11N7. The Morgan fingerprint density at radius 2 is 2.00 bits per heavy atom. The largest absolute Gasteiger partial charge is 0.322 e. The summed E-state index contributed by atoms with van der Waals surface area (Å²) < 4.78 is 1.72. The maximum Gasteiger partial charge on any atom is 0.154 e. The minimum Gasteiger partial charge on any atom is -0.322 e. The number of aromatic nitrogens is 6. The Bertz CT molecular complexity index is 660. The number of nitrogens with one attached hydrogen (secondary N) is 1. The first-order chi connectivity index (χ1) is 9.31. The summed E-state index contributed by atoms with van der Waals surface area (Å²) >= 11 is 0. The number of anilines is 2. The molecule has 7 nitrogen and oxygen atoms in total. The molecule has 19 heavy (non-hydrogen) atoms. The molecule has 0 saturated carbocycles. The Labute approximate surface area is 109 Å². The number of rotatable bonds is 3. The first-order valence-electron chi connectivity index (χ1n) is 5.67. The van der Waals surface area contributed by atoms with E-state index in [0.717, 1.165) is 11.3 Å². The Hall–Kier alpha value is -2.83. The lowest BCUT2D eigenvalue weighted by Crippen LogP contribution is -1.98. The highest BCUT2D eigenvalue weighted by atomic mass is 15.2. The van der Waals surface area contributed by atoms with Gasteiger partial charge in [0, 0.05) is 31.2 Å². The molecule has 0 fully saturated rings. The second kappa shape index (κ2) is 4.81. The van der Waals surface area contributed by atoms with Crippen molar-refractivity contribution in [1.82, 2.24) is 29.9 Å². The van der Waals surface area contributed by atoms with Crippen LogP contribution in [-0.2, 0) is 7.05 Å². The van der Waals surface area contributed by atoms with Gasteiger partial charge >= 0.3 is 0 Å². The molecule has 0 aliphatic rings. The van der Waals surface area contributed by atoms with Gasteiger partial charge in [-0.25, -0.2) is 4.98 Å². The van der Waals surface area contributed by atoms with Gasteiger partial charge in [-0.2, -0.15) is 5.10 Å². The molecule has 0 radical (unpaired) electrons. The van der Waals surface area contributed by atoms with Crippen LogP contribution >= 0.6 is 0 Å². The van der Waals surface area contributed by atoms with Crippen molar-refractivity contribution < 1.29 is 0 Å². The molecular weight excluding hydrogens is 242 g/mol. The highest BCUT2D eigenvalue weighted by molar-refractivity contribution is 5.59. The van der Waals surface area contributed by atoms with Crippen LogP contribution in [0.4, 0.5) is 11.6 Å². The van der Waals surface area contributed by atoms with Crippen LogP contribution in [0, 0.1) is 0 Å². The van der Waals surface area contributed by atoms with Gasteiger partial charge in [-0.15, -0.1) is 10.2 Å².